The monoisotopic (exact) mass is 513 g/mol. The van der Waals surface area contributed by atoms with Crippen LogP contribution in [-0.2, 0) is 14.8 Å². The summed E-state index contributed by atoms with van der Waals surface area (Å²) in [7, 11) is -4.05. The van der Waals surface area contributed by atoms with E-state index in [1.807, 2.05) is 6.07 Å². The lowest BCUT2D eigenvalue weighted by Gasteiger charge is -2.31. The lowest BCUT2D eigenvalue weighted by atomic mass is 10.0. The number of amides is 1. The summed E-state index contributed by atoms with van der Waals surface area (Å²) in [5.74, 6) is -0.940. The number of rotatable bonds is 4. The number of carbonyl (C=O) groups is 1. The Kier molecular flexibility index (Phi) is 7.10. The summed E-state index contributed by atoms with van der Waals surface area (Å²) in [6, 6.07) is 7.99. The van der Waals surface area contributed by atoms with Gasteiger partial charge in [-0.1, -0.05) is 24.1 Å². The Morgan fingerprint density at radius 2 is 1.94 bits per heavy atom. The van der Waals surface area contributed by atoms with E-state index in [4.69, 9.17) is 4.52 Å². The molecular formula is C25H28FN5O4S. The SMILES string of the molecule is O=C1NCCCCCCN(S(=O)(=O)c2cccc(F)c2)[C@H]2C[C@H](c3nc(-c4cccnc4)no3)C[C@@H]12. The van der Waals surface area contributed by atoms with E-state index >= 15 is 0 Å². The van der Waals surface area contributed by atoms with Crippen LogP contribution in [0.15, 0.2) is 58.2 Å². The van der Waals surface area contributed by atoms with Crippen LogP contribution in [0.2, 0.25) is 0 Å². The maximum absolute atomic E-state index is 14.0. The first-order valence-corrected chi connectivity index (χ1v) is 13.7. The van der Waals surface area contributed by atoms with E-state index in [0.29, 0.717) is 43.1 Å². The zero-order valence-corrected chi connectivity index (χ0v) is 20.5. The van der Waals surface area contributed by atoms with Gasteiger partial charge >= 0.3 is 0 Å². The lowest BCUT2D eigenvalue weighted by molar-refractivity contribution is -0.125. The maximum atomic E-state index is 14.0. The van der Waals surface area contributed by atoms with Crippen LogP contribution < -0.4 is 5.32 Å². The van der Waals surface area contributed by atoms with Gasteiger partial charge in [0.15, 0.2) is 0 Å². The molecule has 3 heterocycles. The zero-order valence-electron chi connectivity index (χ0n) is 19.7. The summed E-state index contributed by atoms with van der Waals surface area (Å²) in [6.07, 6.45) is 7.23. The fourth-order valence-electron chi connectivity index (χ4n) is 5.15. The van der Waals surface area contributed by atoms with Gasteiger partial charge in [-0.05, 0) is 56.0 Å². The number of nitrogens with zero attached hydrogens (tertiary/aromatic N) is 4. The summed E-state index contributed by atoms with van der Waals surface area (Å²) in [5.41, 5.74) is 0.703. The summed E-state index contributed by atoms with van der Waals surface area (Å²) < 4.78 is 48.4. The minimum Gasteiger partial charge on any atom is -0.356 e. The number of hydrogen-bond acceptors (Lipinski definition) is 7. The van der Waals surface area contributed by atoms with Crippen LogP contribution in [0.5, 0.6) is 0 Å². The highest BCUT2D eigenvalue weighted by Gasteiger charge is 2.47. The molecule has 0 bridgehead atoms. The highest BCUT2D eigenvalue weighted by molar-refractivity contribution is 7.89. The van der Waals surface area contributed by atoms with Crippen molar-refractivity contribution in [1.29, 1.82) is 0 Å². The largest absolute Gasteiger partial charge is 0.356 e. The van der Waals surface area contributed by atoms with Gasteiger partial charge in [-0.2, -0.15) is 9.29 Å². The molecule has 0 radical (unpaired) electrons. The molecule has 1 amide bonds. The van der Waals surface area contributed by atoms with Crippen LogP contribution in [-0.4, -0.2) is 52.9 Å². The molecule has 1 saturated heterocycles. The summed E-state index contributed by atoms with van der Waals surface area (Å²) in [6.45, 7) is 0.805. The molecular weight excluding hydrogens is 485 g/mol. The molecule has 2 aliphatic rings. The second-order valence-corrected chi connectivity index (χ2v) is 11.2. The molecule has 2 fully saturated rings. The van der Waals surface area contributed by atoms with Gasteiger partial charge in [0.1, 0.15) is 5.82 Å². The number of aromatic nitrogens is 3. The Balaban J connectivity index is 1.49. The molecule has 1 aromatic carbocycles. The van der Waals surface area contributed by atoms with E-state index in [-0.39, 0.29) is 23.3 Å². The number of benzene rings is 1. The van der Waals surface area contributed by atoms with Gasteiger partial charge in [0.25, 0.3) is 0 Å². The second-order valence-electron chi connectivity index (χ2n) is 9.32. The quantitative estimate of drug-likeness (QED) is 0.567. The highest BCUT2D eigenvalue weighted by atomic mass is 32.2. The number of carbonyl (C=O) groups excluding carboxylic acids is 1. The average Bonchev–Trinajstić information content (AvgIpc) is 3.53. The summed E-state index contributed by atoms with van der Waals surface area (Å²) in [5, 5.41) is 7.05. The van der Waals surface area contributed by atoms with Gasteiger partial charge in [0.05, 0.1) is 10.8 Å². The Hall–Kier alpha value is -3.18. The number of sulfonamides is 1. The Morgan fingerprint density at radius 3 is 2.75 bits per heavy atom. The molecule has 1 aliphatic carbocycles. The molecule has 0 unspecified atom stereocenters. The van der Waals surface area contributed by atoms with E-state index in [2.05, 4.69) is 20.4 Å². The third-order valence-corrected chi connectivity index (χ3v) is 8.87. The van der Waals surface area contributed by atoms with E-state index in [1.165, 1.54) is 22.5 Å². The molecule has 0 spiro atoms. The Morgan fingerprint density at radius 1 is 1.08 bits per heavy atom. The van der Waals surface area contributed by atoms with Crippen molar-refractivity contribution < 1.29 is 22.1 Å². The van der Waals surface area contributed by atoms with Crippen LogP contribution in [0.4, 0.5) is 4.39 Å². The standard InChI is InChI=1S/C25H28FN5O4S/c26-19-8-5-9-20(15-19)36(33,34)31-12-4-2-1-3-11-28-24(32)21-13-18(14-22(21)31)25-29-23(30-35-25)17-7-6-10-27-16-17/h5-10,15-16,18,21-22H,1-4,11-14H2,(H,28,32)/t18-,21-,22+/m1/s1. The Bertz CT molecular complexity index is 1320. The van der Waals surface area contributed by atoms with Crippen LogP contribution in [0.1, 0.15) is 50.3 Å². The van der Waals surface area contributed by atoms with Crippen molar-refractivity contribution in [3.63, 3.8) is 0 Å². The second kappa shape index (κ2) is 10.4. The molecule has 9 nitrogen and oxygen atoms in total. The third-order valence-electron chi connectivity index (χ3n) is 6.95. The van der Waals surface area contributed by atoms with Gasteiger partial charge in [-0.25, -0.2) is 12.8 Å². The zero-order chi connectivity index (χ0) is 25.1. The number of nitrogens with one attached hydrogen (secondary N) is 1. The normalized spacial score (nSPS) is 24.0. The van der Waals surface area contributed by atoms with Crippen molar-refractivity contribution in [3.8, 4) is 11.4 Å². The molecule has 1 saturated carbocycles. The molecule has 36 heavy (non-hydrogen) atoms. The van der Waals surface area contributed by atoms with Crippen LogP contribution >= 0.6 is 0 Å². The van der Waals surface area contributed by atoms with E-state index in [0.717, 1.165) is 25.3 Å². The van der Waals surface area contributed by atoms with Crippen LogP contribution in [0.3, 0.4) is 0 Å². The van der Waals surface area contributed by atoms with Crippen LogP contribution in [0.25, 0.3) is 11.4 Å². The van der Waals surface area contributed by atoms with Crippen molar-refractivity contribution >= 4 is 15.9 Å². The first-order chi connectivity index (χ1) is 17.4. The van der Waals surface area contributed by atoms with Crippen molar-refractivity contribution in [3.05, 3.63) is 60.5 Å². The molecule has 3 aromatic rings. The number of pyridine rings is 1. The fourth-order valence-corrected chi connectivity index (χ4v) is 6.89. The van der Waals surface area contributed by atoms with E-state index < -0.39 is 27.8 Å². The van der Waals surface area contributed by atoms with Gasteiger partial charge < -0.3 is 9.84 Å². The number of fused-ring (bicyclic) bond motifs is 1. The highest BCUT2D eigenvalue weighted by Crippen LogP contribution is 2.43. The van der Waals surface area contributed by atoms with Gasteiger partial charge in [0, 0.05) is 43.0 Å². The predicted molar refractivity (Wildman–Crippen MR) is 129 cm³/mol. The maximum Gasteiger partial charge on any atom is 0.243 e. The minimum absolute atomic E-state index is 0.114. The Labute approximate surface area is 209 Å². The van der Waals surface area contributed by atoms with Gasteiger partial charge in [-0.3, -0.25) is 9.78 Å². The molecule has 11 heteroatoms. The average molecular weight is 514 g/mol. The lowest BCUT2D eigenvalue weighted by Crippen LogP contribution is -2.47. The third kappa shape index (κ3) is 5.03. The minimum atomic E-state index is -4.05. The summed E-state index contributed by atoms with van der Waals surface area (Å²) in [4.78, 5) is 21.7. The van der Waals surface area contributed by atoms with Gasteiger partial charge in [-0.15, -0.1) is 0 Å². The first-order valence-electron chi connectivity index (χ1n) is 12.2. The van der Waals surface area contributed by atoms with Crippen molar-refractivity contribution in [2.75, 3.05) is 13.1 Å². The first kappa shape index (κ1) is 24.5. The smallest absolute Gasteiger partial charge is 0.243 e. The van der Waals surface area contributed by atoms with Crippen molar-refractivity contribution in [1.82, 2.24) is 24.7 Å². The van der Waals surface area contributed by atoms with Crippen molar-refractivity contribution in [2.45, 2.75) is 55.4 Å². The molecule has 3 atom stereocenters. The number of halogens is 1. The van der Waals surface area contributed by atoms with Crippen LogP contribution in [0, 0.1) is 11.7 Å². The van der Waals surface area contributed by atoms with Gasteiger partial charge in [0.2, 0.25) is 27.6 Å². The topological polar surface area (TPSA) is 118 Å². The van der Waals surface area contributed by atoms with E-state index in [1.54, 1.807) is 18.5 Å². The van der Waals surface area contributed by atoms with E-state index in [9.17, 15) is 17.6 Å². The molecule has 1 aliphatic heterocycles. The predicted octanol–water partition coefficient (Wildman–Crippen LogP) is 3.51. The molecule has 2 aromatic heterocycles. The van der Waals surface area contributed by atoms with Crippen molar-refractivity contribution in [2.24, 2.45) is 5.92 Å². The summed E-state index contributed by atoms with van der Waals surface area (Å²) >= 11 is 0. The molecule has 1 N–H and O–H groups in total. The molecule has 5 rings (SSSR count). The number of hydrogen-bond donors (Lipinski definition) is 1. The molecule has 190 valence electrons. The fraction of sp³-hybridized carbons (Fsp3) is 0.440.